The fourth-order valence-corrected chi connectivity index (χ4v) is 0.277. The van der Waals surface area contributed by atoms with Crippen LogP contribution in [0.15, 0.2) is 20.4 Å². The summed E-state index contributed by atoms with van der Waals surface area (Å²) in [5.74, 6) is 0. The van der Waals surface area contributed by atoms with Gasteiger partial charge in [0.2, 0.25) is 0 Å². The van der Waals surface area contributed by atoms with Crippen LogP contribution in [0.4, 0.5) is 0 Å². The molecule has 0 heterocycles. The number of hydrogen-bond acceptors (Lipinski definition) is 4. The van der Waals surface area contributed by atoms with Crippen molar-refractivity contribution in [1.29, 1.82) is 0 Å². The Hall–Kier alpha value is 0.888. The maximum absolute atomic E-state index is 3.47. The SMILES string of the molecule is C[C-]=NN=[C-]C[C-]=NN=[C-]C.[Y].[Y]. The molecule has 0 aromatic heterocycles. The van der Waals surface area contributed by atoms with Gasteiger partial charge in [-0.1, -0.05) is 0 Å². The molecule has 0 aliphatic carbocycles. The second-order valence-corrected chi connectivity index (χ2v) is 1.34. The van der Waals surface area contributed by atoms with Crippen LogP contribution in [0, 0.1) is 0 Å². The number of rotatable bonds is 4. The van der Waals surface area contributed by atoms with Crippen LogP contribution in [0.3, 0.4) is 0 Å². The summed E-state index contributed by atoms with van der Waals surface area (Å²) >= 11 is 0. The first-order chi connectivity index (χ1) is 5.41. The molecular formula is C7H8N4Y2-4. The Morgan fingerprint density at radius 3 is 1.46 bits per heavy atom. The van der Waals surface area contributed by atoms with Gasteiger partial charge in [-0.25, -0.2) is 0 Å². The predicted molar refractivity (Wildman–Crippen MR) is 45.7 cm³/mol. The second kappa shape index (κ2) is 18.6. The molecule has 0 spiro atoms. The van der Waals surface area contributed by atoms with Crippen molar-refractivity contribution in [2.75, 3.05) is 0 Å². The van der Waals surface area contributed by atoms with Gasteiger partial charge in [-0.15, -0.1) is 0 Å². The van der Waals surface area contributed by atoms with Gasteiger partial charge in [0.1, 0.15) is 0 Å². The maximum Gasteiger partial charge on any atom is 0 e. The Labute approximate surface area is 129 Å². The topological polar surface area (TPSA) is 49.4 Å². The monoisotopic (exact) mass is 326 g/mol. The van der Waals surface area contributed by atoms with E-state index in [2.05, 4.69) is 45.3 Å². The van der Waals surface area contributed by atoms with Crippen LogP contribution in [0.5, 0.6) is 0 Å². The minimum absolute atomic E-state index is 0. The average Bonchev–Trinajstić information content (AvgIpc) is 2.03. The van der Waals surface area contributed by atoms with Crippen molar-refractivity contribution in [3.8, 4) is 0 Å². The van der Waals surface area contributed by atoms with Crippen molar-refractivity contribution in [2.45, 2.75) is 20.3 Å². The van der Waals surface area contributed by atoms with E-state index in [-0.39, 0.29) is 65.4 Å². The molecule has 66 valence electrons. The third-order valence-corrected chi connectivity index (χ3v) is 0.600. The van der Waals surface area contributed by atoms with E-state index in [4.69, 9.17) is 0 Å². The standard InChI is InChI=1S/C7H8N4.2Y/c1-3-8-10-6-5-7-11-9-4-2;;/h5H2,1-2H3;;/q-4;;. The van der Waals surface area contributed by atoms with Crippen LogP contribution in [0.25, 0.3) is 0 Å². The van der Waals surface area contributed by atoms with Crippen LogP contribution in [-0.2, 0) is 65.4 Å². The summed E-state index contributed by atoms with van der Waals surface area (Å²) in [7, 11) is 0. The van der Waals surface area contributed by atoms with E-state index in [0.717, 1.165) is 0 Å². The molecule has 13 heavy (non-hydrogen) atoms. The summed E-state index contributed by atoms with van der Waals surface area (Å²) in [6.45, 7) is 3.30. The first kappa shape index (κ1) is 19.5. The maximum atomic E-state index is 3.47. The molecule has 2 radical (unpaired) electrons. The molecule has 0 saturated heterocycles. The predicted octanol–water partition coefficient (Wildman–Crippen LogP) is 1.03. The summed E-state index contributed by atoms with van der Waals surface area (Å²) in [6, 6.07) is 0. The van der Waals surface area contributed by atoms with E-state index in [1.807, 2.05) is 0 Å². The van der Waals surface area contributed by atoms with Crippen molar-refractivity contribution in [1.82, 2.24) is 0 Å². The Morgan fingerprint density at radius 1 is 0.769 bits per heavy atom. The van der Waals surface area contributed by atoms with Gasteiger partial charge in [0.15, 0.2) is 0 Å². The Morgan fingerprint density at radius 2 is 1.15 bits per heavy atom. The minimum atomic E-state index is 0. The molecule has 0 aromatic rings. The van der Waals surface area contributed by atoms with Crippen LogP contribution in [0.2, 0.25) is 0 Å². The van der Waals surface area contributed by atoms with E-state index in [1.54, 1.807) is 13.8 Å². The average molecular weight is 326 g/mol. The number of hydrogen-bond donors (Lipinski definition) is 0. The van der Waals surface area contributed by atoms with Gasteiger partial charge in [0.25, 0.3) is 0 Å². The fraction of sp³-hybridized carbons (Fsp3) is 0.429. The van der Waals surface area contributed by atoms with Crippen LogP contribution >= 0.6 is 0 Å². The molecule has 0 N–H and O–H groups in total. The molecule has 0 amide bonds. The van der Waals surface area contributed by atoms with E-state index in [1.165, 1.54) is 0 Å². The normalized spacial score (nSPS) is 11.2. The smallest absolute Gasteiger partial charge is 0 e. The van der Waals surface area contributed by atoms with Gasteiger partial charge < -0.3 is 45.3 Å². The van der Waals surface area contributed by atoms with Crippen LogP contribution < -0.4 is 0 Å². The van der Waals surface area contributed by atoms with Gasteiger partial charge in [0.05, 0.1) is 0 Å². The van der Waals surface area contributed by atoms with E-state index >= 15 is 0 Å². The van der Waals surface area contributed by atoms with Crippen molar-refractivity contribution in [2.24, 2.45) is 20.4 Å². The summed E-state index contributed by atoms with van der Waals surface area (Å²) in [6.07, 6.45) is 10.4. The first-order valence-electron chi connectivity index (χ1n) is 3.00. The molecule has 0 aliphatic rings. The van der Waals surface area contributed by atoms with Gasteiger partial charge in [0, 0.05) is 65.4 Å². The van der Waals surface area contributed by atoms with Crippen molar-refractivity contribution >= 4 is 24.9 Å². The molecule has 0 unspecified atom stereocenters. The third kappa shape index (κ3) is 19.3. The fourth-order valence-electron chi connectivity index (χ4n) is 0.277. The minimum Gasteiger partial charge on any atom is -0.416 e. The molecule has 0 fully saturated rings. The van der Waals surface area contributed by atoms with Gasteiger partial charge in [-0.2, -0.15) is 13.8 Å². The van der Waals surface area contributed by atoms with E-state index in [0.29, 0.717) is 6.42 Å². The zero-order chi connectivity index (χ0) is 8.36. The first-order valence-corrected chi connectivity index (χ1v) is 3.00. The second-order valence-electron chi connectivity index (χ2n) is 1.34. The molecule has 0 rings (SSSR count). The summed E-state index contributed by atoms with van der Waals surface area (Å²) in [5, 5.41) is 13.8. The quantitative estimate of drug-likeness (QED) is 0.421. The van der Waals surface area contributed by atoms with E-state index in [9.17, 15) is 0 Å². The molecule has 6 heteroatoms. The van der Waals surface area contributed by atoms with Gasteiger partial charge >= 0.3 is 0 Å². The van der Waals surface area contributed by atoms with Crippen LogP contribution in [0.1, 0.15) is 20.3 Å². The van der Waals surface area contributed by atoms with Crippen molar-refractivity contribution in [3.63, 3.8) is 0 Å². The van der Waals surface area contributed by atoms with Gasteiger partial charge in [-0.05, 0) is 0 Å². The third-order valence-electron chi connectivity index (χ3n) is 0.600. The Kier molecular flexibility index (Phi) is 27.9. The molecule has 0 aliphatic heterocycles. The molecule has 0 saturated carbocycles. The Bertz CT molecular complexity index is 167. The molecular weight excluding hydrogens is 318 g/mol. The summed E-state index contributed by atoms with van der Waals surface area (Å²) in [4.78, 5) is 0. The zero-order valence-electron chi connectivity index (χ0n) is 7.65. The molecule has 4 nitrogen and oxygen atoms in total. The summed E-state index contributed by atoms with van der Waals surface area (Å²) < 4.78 is 0. The number of nitrogens with zero attached hydrogens (tertiary/aromatic N) is 4. The van der Waals surface area contributed by atoms with Crippen molar-refractivity contribution < 1.29 is 65.4 Å². The molecule has 0 bridgehead atoms. The zero-order valence-corrected chi connectivity index (χ0v) is 13.3. The van der Waals surface area contributed by atoms with Crippen LogP contribution in [-0.4, -0.2) is 24.9 Å². The largest absolute Gasteiger partial charge is 0.416 e. The molecule has 0 aromatic carbocycles. The van der Waals surface area contributed by atoms with E-state index < -0.39 is 0 Å². The van der Waals surface area contributed by atoms with Crippen molar-refractivity contribution in [3.05, 3.63) is 0 Å². The Balaban J connectivity index is -0.000000500. The molecule has 0 atom stereocenters. The summed E-state index contributed by atoms with van der Waals surface area (Å²) in [5.41, 5.74) is 0. The van der Waals surface area contributed by atoms with Gasteiger partial charge in [-0.3, -0.25) is 6.42 Å².